The third-order valence-electron chi connectivity index (χ3n) is 2.72. The summed E-state index contributed by atoms with van der Waals surface area (Å²) in [5.74, 6) is 0.373. The van der Waals surface area contributed by atoms with Gasteiger partial charge in [0.05, 0.1) is 5.71 Å². The predicted octanol–water partition coefficient (Wildman–Crippen LogP) is 3.21. The van der Waals surface area contributed by atoms with E-state index in [0.29, 0.717) is 5.75 Å². The summed E-state index contributed by atoms with van der Waals surface area (Å²) in [6.07, 6.45) is 0. The van der Waals surface area contributed by atoms with Crippen LogP contribution in [0.5, 0.6) is 5.75 Å². The molecule has 0 fully saturated rings. The number of hydrazone groups is 1. The molecule has 1 amide bonds. The second-order valence-corrected chi connectivity index (χ2v) is 5.59. The number of amides is 1. The lowest BCUT2D eigenvalue weighted by atomic mass is 10.1. The van der Waals surface area contributed by atoms with Crippen LogP contribution in [0.25, 0.3) is 0 Å². The fraction of sp³-hybridized carbons (Fsp3) is 0.125. The smallest absolute Gasteiger partial charge is 0.277 e. The van der Waals surface area contributed by atoms with Crippen LogP contribution in [0.4, 0.5) is 0 Å². The number of benzene rings is 2. The summed E-state index contributed by atoms with van der Waals surface area (Å²) < 4.78 is 6.49. The predicted molar refractivity (Wildman–Crippen MR) is 91.4 cm³/mol. The summed E-state index contributed by atoms with van der Waals surface area (Å²) >= 11 is 2.21. The Morgan fingerprint density at radius 2 is 1.81 bits per heavy atom. The molecule has 0 aliphatic heterocycles. The van der Waals surface area contributed by atoms with E-state index in [1.807, 2.05) is 61.5 Å². The van der Waals surface area contributed by atoms with Gasteiger partial charge in [0, 0.05) is 3.57 Å². The first kappa shape index (κ1) is 15.5. The van der Waals surface area contributed by atoms with Gasteiger partial charge in [-0.25, -0.2) is 5.43 Å². The third kappa shape index (κ3) is 5.18. The first-order valence-corrected chi connectivity index (χ1v) is 7.50. The summed E-state index contributed by atoms with van der Waals surface area (Å²) in [7, 11) is 0. The molecule has 2 aromatic rings. The molecular weight excluding hydrogens is 379 g/mol. The molecule has 1 N–H and O–H groups in total. The summed E-state index contributed by atoms with van der Waals surface area (Å²) in [5, 5.41) is 4.06. The molecule has 0 radical (unpaired) electrons. The molecule has 21 heavy (non-hydrogen) atoms. The standard InChI is InChI=1S/C16H15IN2O2/c1-12(13-5-3-2-4-6-13)18-19-16(20)11-21-15-9-7-14(17)8-10-15/h2-10H,11H2,1H3,(H,19,20)/b18-12-. The van der Waals surface area contributed by atoms with Crippen molar-refractivity contribution in [2.75, 3.05) is 6.61 Å². The van der Waals surface area contributed by atoms with Crippen LogP contribution in [0, 0.1) is 3.57 Å². The van der Waals surface area contributed by atoms with E-state index in [4.69, 9.17) is 4.74 Å². The summed E-state index contributed by atoms with van der Waals surface area (Å²) in [6, 6.07) is 17.2. The fourth-order valence-corrected chi connectivity index (χ4v) is 1.96. The monoisotopic (exact) mass is 394 g/mol. The number of nitrogens with zero attached hydrogens (tertiary/aromatic N) is 1. The minimum Gasteiger partial charge on any atom is -0.484 e. The maximum absolute atomic E-state index is 11.7. The molecule has 0 unspecified atom stereocenters. The highest BCUT2D eigenvalue weighted by molar-refractivity contribution is 14.1. The Labute approximate surface area is 137 Å². The Bertz CT molecular complexity index is 624. The molecule has 108 valence electrons. The molecule has 0 bridgehead atoms. The molecule has 0 aromatic heterocycles. The largest absolute Gasteiger partial charge is 0.484 e. The van der Waals surface area contributed by atoms with E-state index in [0.717, 1.165) is 14.8 Å². The Morgan fingerprint density at radius 3 is 2.48 bits per heavy atom. The SMILES string of the molecule is C/C(=N/NC(=O)COc1ccc(I)cc1)c1ccccc1. The van der Waals surface area contributed by atoms with Gasteiger partial charge in [-0.2, -0.15) is 5.10 Å². The molecule has 2 aromatic carbocycles. The van der Waals surface area contributed by atoms with Crippen LogP contribution < -0.4 is 10.2 Å². The highest BCUT2D eigenvalue weighted by atomic mass is 127. The van der Waals surface area contributed by atoms with Gasteiger partial charge >= 0.3 is 0 Å². The Morgan fingerprint density at radius 1 is 1.14 bits per heavy atom. The van der Waals surface area contributed by atoms with E-state index in [1.165, 1.54) is 0 Å². The van der Waals surface area contributed by atoms with Crippen molar-refractivity contribution in [3.05, 3.63) is 63.7 Å². The van der Waals surface area contributed by atoms with E-state index in [2.05, 4.69) is 33.1 Å². The lowest BCUT2D eigenvalue weighted by Crippen LogP contribution is -2.25. The first-order chi connectivity index (χ1) is 10.1. The number of ether oxygens (including phenoxy) is 1. The first-order valence-electron chi connectivity index (χ1n) is 6.42. The Hall–Kier alpha value is -1.89. The van der Waals surface area contributed by atoms with E-state index in [1.54, 1.807) is 0 Å². The molecule has 2 rings (SSSR count). The van der Waals surface area contributed by atoms with Crippen LogP contribution in [0.15, 0.2) is 59.7 Å². The highest BCUT2D eigenvalue weighted by Crippen LogP contribution is 2.13. The van der Waals surface area contributed by atoms with Gasteiger partial charge in [0.2, 0.25) is 0 Å². The number of hydrogen-bond acceptors (Lipinski definition) is 3. The van der Waals surface area contributed by atoms with Gasteiger partial charge in [-0.1, -0.05) is 30.3 Å². The van der Waals surface area contributed by atoms with Gasteiger partial charge < -0.3 is 4.74 Å². The van der Waals surface area contributed by atoms with Gasteiger partial charge in [-0.15, -0.1) is 0 Å². The van der Waals surface area contributed by atoms with Crippen molar-refractivity contribution >= 4 is 34.2 Å². The summed E-state index contributed by atoms with van der Waals surface area (Å²) in [5.41, 5.74) is 4.20. The molecule has 4 nitrogen and oxygen atoms in total. The van der Waals surface area contributed by atoms with Gasteiger partial charge in [0.1, 0.15) is 5.75 Å². The van der Waals surface area contributed by atoms with Crippen molar-refractivity contribution in [3.8, 4) is 5.75 Å². The van der Waals surface area contributed by atoms with Crippen LogP contribution in [-0.2, 0) is 4.79 Å². The molecule has 0 aliphatic rings. The van der Waals surface area contributed by atoms with Gasteiger partial charge in [0.25, 0.3) is 5.91 Å². The average Bonchev–Trinajstić information content (AvgIpc) is 2.53. The molecule has 0 heterocycles. The molecular formula is C16H15IN2O2. The minimum absolute atomic E-state index is 0.0633. The molecule has 0 atom stereocenters. The van der Waals surface area contributed by atoms with E-state index in [-0.39, 0.29) is 12.5 Å². The van der Waals surface area contributed by atoms with Gasteiger partial charge in [0.15, 0.2) is 6.61 Å². The highest BCUT2D eigenvalue weighted by Gasteiger charge is 2.02. The average molecular weight is 394 g/mol. The van der Waals surface area contributed by atoms with Crippen LogP contribution in [0.3, 0.4) is 0 Å². The van der Waals surface area contributed by atoms with Crippen LogP contribution >= 0.6 is 22.6 Å². The lowest BCUT2D eigenvalue weighted by molar-refractivity contribution is -0.123. The minimum atomic E-state index is -0.288. The zero-order valence-corrected chi connectivity index (χ0v) is 13.7. The quantitative estimate of drug-likeness (QED) is 0.481. The second kappa shape index (κ2) is 7.78. The zero-order chi connectivity index (χ0) is 15.1. The maximum Gasteiger partial charge on any atom is 0.277 e. The normalized spacial score (nSPS) is 11.0. The van der Waals surface area contributed by atoms with Crippen molar-refractivity contribution in [1.82, 2.24) is 5.43 Å². The topological polar surface area (TPSA) is 50.7 Å². The number of carbonyl (C=O) groups is 1. The van der Waals surface area contributed by atoms with Gasteiger partial charge in [-0.3, -0.25) is 4.79 Å². The van der Waals surface area contributed by atoms with Crippen molar-refractivity contribution in [2.45, 2.75) is 6.92 Å². The van der Waals surface area contributed by atoms with Gasteiger partial charge in [-0.05, 0) is 59.3 Å². The van der Waals surface area contributed by atoms with Crippen molar-refractivity contribution in [3.63, 3.8) is 0 Å². The number of hydrogen-bond donors (Lipinski definition) is 1. The van der Waals surface area contributed by atoms with Crippen molar-refractivity contribution in [2.24, 2.45) is 5.10 Å². The maximum atomic E-state index is 11.7. The van der Waals surface area contributed by atoms with Crippen LogP contribution in [-0.4, -0.2) is 18.2 Å². The molecule has 0 saturated heterocycles. The summed E-state index contributed by atoms with van der Waals surface area (Å²) in [6.45, 7) is 1.78. The second-order valence-electron chi connectivity index (χ2n) is 4.34. The Balaban J connectivity index is 1.83. The lowest BCUT2D eigenvalue weighted by Gasteiger charge is -2.06. The summed E-state index contributed by atoms with van der Waals surface area (Å²) in [4.78, 5) is 11.7. The van der Waals surface area contributed by atoms with Crippen molar-refractivity contribution in [1.29, 1.82) is 0 Å². The third-order valence-corrected chi connectivity index (χ3v) is 3.44. The number of halogens is 1. The number of nitrogens with one attached hydrogen (secondary N) is 1. The number of carbonyl (C=O) groups excluding carboxylic acids is 1. The molecule has 0 spiro atoms. The van der Waals surface area contributed by atoms with Crippen LogP contribution in [0.1, 0.15) is 12.5 Å². The molecule has 0 saturated carbocycles. The van der Waals surface area contributed by atoms with Crippen LogP contribution in [0.2, 0.25) is 0 Å². The zero-order valence-electron chi connectivity index (χ0n) is 11.5. The van der Waals surface area contributed by atoms with E-state index < -0.39 is 0 Å². The van der Waals surface area contributed by atoms with E-state index in [9.17, 15) is 4.79 Å². The molecule has 0 aliphatic carbocycles. The van der Waals surface area contributed by atoms with Crippen molar-refractivity contribution < 1.29 is 9.53 Å². The van der Waals surface area contributed by atoms with E-state index >= 15 is 0 Å². The number of rotatable bonds is 5. The Kier molecular flexibility index (Phi) is 5.74. The molecule has 5 heteroatoms. The fourth-order valence-electron chi connectivity index (χ4n) is 1.60.